The summed E-state index contributed by atoms with van der Waals surface area (Å²) in [7, 11) is 0. The molecule has 2 N–H and O–H groups in total. The van der Waals surface area contributed by atoms with E-state index in [0.29, 0.717) is 24.2 Å². The van der Waals surface area contributed by atoms with Crippen LogP contribution in [0.3, 0.4) is 0 Å². The summed E-state index contributed by atoms with van der Waals surface area (Å²) in [6.07, 6.45) is 5.58. The molecule has 2 heterocycles. The number of nitrogens with zero attached hydrogens (tertiary/aromatic N) is 1. The number of aliphatic imine (C=N–C) groups is 1. The largest absolute Gasteiger partial charge is 0.373 e. The maximum absolute atomic E-state index is 5.92. The number of benzene rings is 1. The molecule has 2 aliphatic heterocycles. The third kappa shape index (κ3) is 3.50. The highest BCUT2D eigenvalue weighted by Crippen LogP contribution is 2.35. The minimum absolute atomic E-state index is 0. The molecule has 0 amide bonds. The maximum Gasteiger partial charge on any atom is 0.191 e. The normalized spacial score (nSPS) is 31.1. The van der Waals surface area contributed by atoms with Crippen molar-refractivity contribution in [2.45, 2.75) is 56.8 Å². The van der Waals surface area contributed by atoms with Crippen LogP contribution in [0.2, 0.25) is 0 Å². The van der Waals surface area contributed by atoms with E-state index in [4.69, 9.17) is 9.73 Å². The Morgan fingerprint density at radius 1 is 1.30 bits per heavy atom. The van der Waals surface area contributed by atoms with Gasteiger partial charge >= 0.3 is 0 Å². The molecular formula is C18H26IN3O. The second kappa shape index (κ2) is 7.38. The summed E-state index contributed by atoms with van der Waals surface area (Å²) >= 11 is 0. The van der Waals surface area contributed by atoms with E-state index in [0.717, 1.165) is 31.9 Å². The lowest BCUT2D eigenvalue weighted by Gasteiger charge is -2.29. The van der Waals surface area contributed by atoms with Crippen molar-refractivity contribution in [3.63, 3.8) is 0 Å². The van der Waals surface area contributed by atoms with Crippen LogP contribution in [0.25, 0.3) is 0 Å². The molecule has 4 nitrogen and oxygen atoms in total. The number of ether oxygens (including phenoxy) is 1. The molecule has 2 bridgehead atoms. The second-order valence-electron chi connectivity index (χ2n) is 6.68. The lowest BCUT2D eigenvalue weighted by Crippen LogP contribution is -2.47. The van der Waals surface area contributed by atoms with Crippen molar-refractivity contribution >= 4 is 29.9 Å². The predicted octanol–water partition coefficient (Wildman–Crippen LogP) is 2.82. The molecule has 0 spiro atoms. The van der Waals surface area contributed by atoms with E-state index in [1.165, 1.54) is 24.0 Å². The Balaban J connectivity index is 0.00000156. The Labute approximate surface area is 155 Å². The molecule has 2 fully saturated rings. The van der Waals surface area contributed by atoms with Crippen molar-refractivity contribution in [2.24, 2.45) is 4.99 Å². The predicted molar refractivity (Wildman–Crippen MR) is 104 cm³/mol. The quantitative estimate of drug-likeness (QED) is 0.442. The van der Waals surface area contributed by atoms with Crippen LogP contribution in [0.5, 0.6) is 0 Å². The van der Waals surface area contributed by atoms with Crippen LogP contribution in [0.4, 0.5) is 0 Å². The molecule has 126 valence electrons. The van der Waals surface area contributed by atoms with Crippen LogP contribution in [0, 0.1) is 0 Å². The fraction of sp³-hybridized carbons (Fsp3) is 0.611. The molecular weight excluding hydrogens is 401 g/mol. The van der Waals surface area contributed by atoms with Gasteiger partial charge in [0.05, 0.1) is 18.2 Å². The zero-order chi connectivity index (χ0) is 14.9. The first-order valence-corrected chi connectivity index (χ1v) is 8.61. The van der Waals surface area contributed by atoms with Gasteiger partial charge in [-0.3, -0.25) is 4.99 Å². The van der Waals surface area contributed by atoms with Gasteiger partial charge in [-0.2, -0.15) is 0 Å². The van der Waals surface area contributed by atoms with Gasteiger partial charge in [0.1, 0.15) is 0 Å². The summed E-state index contributed by atoms with van der Waals surface area (Å²) in [5, 5.41) is 6.97. The van der Waals surface area contributed by atoms with Crippen molar-refractivity contribution in [1.82, 2.24) is 10.6 Å². The second-order valence-corrected chi connectivity index (χ2v) is 6.68. The SMILES string of the molecule is CCNC(=NCC1Cc2ccccc21)NC1CC2CCC1O2.I. The first-order chi connectivity index (χ1) is 10.8. The lowest BCUT2D eigenvalue weighted by atomic mass is 9.78. The molecule has 4 atom stereocenters. The highest BCUT2D eigenvalue weighted by molar-refractivity contribution is 14.0. The standard InChI is InChI=1S/C18H25N3O.HI/c1-2-19-18(21-16-10-14-7-8-17(16)22-14)20-11-13-9-12-5-3-4-6-15(12)13;/h3-6,13-14,16-17H,2,7-11H2,1H3,(H2,19,20,21);1H. The topological polar surface area (TPSA) is 45.7 Å². The smallest absolute Gasteiger partial charge is 0.191 e. The van der Waals surface area contributed by atoms with Gasteiger partial charge in [-0.05, 0) is 43.7 Å². The molecule has 4 rings (SSSR count). The summed E-state index contributed by atoms with van der Waals surface area (Å²) in [4.78, 5) is 4.82. The number of guanidine groups is 1. The Morgan fingerprint density at radius 2 is 2.17 bits per heavy atom. The van der Waals surface area contributed by atoms with E-state index in [9.17, 15) is 0 Å². The number of rotatable bonds is 4. The van der Waals surface area contributed by atoms with Gasteiger partial charge in [-0.25, -0.2) is 0 Å². The molecule has 4 unspecified atom stereocenters. The number of hydrogen-bond acceptors (Lipinski definition) is 2. The van der Waals surface area contributed by atoms with Gasteiger partial charge < -0.3 is 15.4 Å². The van der Waals surface area contributed by atoms with Crippen molar-refractivity contribution in [2.75, 3.05) is 13.1 Å². The number of halogens is 1. The van der Waals surface area contributed by atoms with E-state index in [-0.39, 0.29) is 24.0 Å². The van der Waals surface area contributed by atoms with Crippen LogP contribution >= 0.6 is 24.0 Å². The van der Waals surface area contributed by atoms with Gasteiger partial charge in [0, 0.05) is 19.0 Å². The molecule has 3 aliphatic rings. The van der Waals surface area contributed by atoms with Crippen molar-refractivity contribution in [1.29, 1.82) is 0 Å². The van der Waals surface area contributed by atoms with Gasteiger partial charge in [0.2, 0.25) is 0 Å². The Bertz CT molecular complexity index is 577. The molecule has 1 aromatic carbocycles. The third-order valence-electron chi connectivity index (χ3n) is 5.20. The van der Waals surface area contributed by atoms with E-state index in [1.807, 2.05) is 0 Å². The van der Waals surface area contributed by atoms with Crippen LogP contribution in [-0.2, 0) is 11.2 Å². The van der Waals surface area contributed by atoms with Gasteiger partial charge in [0.25, 0.3) is 0 Å². The molecule has 0 aromatic heterocycles. The van der Waals surface area contributed by atoms with Gasteiger partial charge in [0.15, 0.2) is 5.96 Å². The van der Waals surface area contributed by atoms with E-state index in [2.05, 4.69) is 41.8 Å². The first-order valence-electron chi connectivity index (χ1n) is 8.61. The zero-order valence-electron chi connectivity index (χ0n) is 13.6. The van der Waals surface area contributed by atoms with Crippen LogP contribution in [-0.4, -0.2) is 37.3 Å². The molecule has 23 heavy (non-hydrogen) atoms. The average Bonchev–Trinajstić information content (AvgIpc) is 3.11. The fourth-order valence-electron chi connectivity index (χ4n) is 4.01. The van der Waals surface area contributed by atoms with Crippen LogP contribution in [0.15, 0.2) is 29.3 Å². The van der Waals surface area contributed by atoms with Gasteiger partial charge in [-0.1, -0.05) is 24.3 Å². The summed E-state index contributed by atoms with van der Waals surface area (Å²) in [5.74, 6) is 1.54. The Morgan fingerprint density at radius 3 is 2.87 bits per heavy atom. The van der Waals surface area contributed by atoms with Crippen LogP contribution < -0.4 is 10.6 Å². The molecule has 0 radical (unpaired) electrons. The van der Waals surface area contributed by atoms with Crippen molar-refractivity contribution in [3.05, 3.63) is 35.4 Å². The molecule has 0 saturated carbocycles. The highest BCUT2D eigenvalue weighted by Gasteiger charge is 2.41. The number of fused-ring (bicyclic) bond motifs is 3. The Hall–Kier alpha value is -0.820. The summed E-state index contributed by atoms with van der Waals surface area (Å²) in [6.45, 7) is 3.88. The van der Waals surface area contributed by atoms with E-state index in [1.54, 1.807) is 0 Å². The van der Waals surface area contributed by atoms with E-state index >= 15 is 0 Å². The molecule has 2 saturated heterocycles. The van der Waals surface area contributed by atoms with Gasteiger partial charge in [-0.15, -0.1) is 24.0 Å². The molecule has 5 heteroatoms. The summed E-state index contributed by atoms with van der Waals surface area (Å²) in [6, 6.07) is 9.16. The number of hydrogen-bond donors (Lipinski definition) is 2. The first kappa shape index (κ1) is 17.0. The maximum atomic E-state index is 5.92. The molecule has 1 aromatic rings. The van der Waals surface area contributed by atoms with E-state index < -0.39 is 0 Å². The van der Waals surface area contributed by atoms with Crippen molar-refractivity contribution < 1.29 is 4.74 Å². The summed E-state index contributed by atoms with van der Waals surface area (Å²) in [5.41, 5.74) is 2.97. The molecule has 1 aliphatic carbocycles. The minimum atomic E-state index is 0. The highest BCUT2D eigenvalue weighted by atomic mass is 127. The van der Waals surface area contributed by atoms with Crippen LogP contribution in [0.1, 0.15) is 43.2 Å². The monoisotopic (exact) mass is 427 g/mol. The zero-order valence-corrected chi connectivity index (χ0v) is 16.0. The fourth-order valence-corrected chi connectivity index (χ4v) is 4.01. The minimum Gasteiger partial charge on any atom is -0.373 e. The average molecular weight is 427 g/mol. The third-order valence-corrected chi connectivity index (χ3v) is 5.20. The summed E-state index contributed by atoms with van der Waals surface area (Å²) < 4.78 is 5.92. The van der Waals surface area contributed by atoms with Crippen molar-refractivity contribution in [3.8, 4) is 0 Å². The lowest BCUT2D eigenvalue weighted by molar-refractivity contribution is 0.0992. The Kier molecular flexibility index (Phi) is 5.46. The number of nitrogens with one attached hydrogen (secondary N) is 2.